The fourth-order valence-corrected chi connectivity index (χ4v) is 3.77. The van der Waals surface area contributed by atoms with E-state index in [1.165, 1.54) is 12.8 Å². The first-order valence-electron chi connectivity index (χ1n) is 5.36. The van der Waals surface area contributed by atoms with Crippen molar-refractivity contribution in [3.8, 4) is 0 Å². The maximum Gasteiger partial charge on any atom is 0.158 e. The fourth-order valence-electron chi connectivity index (χ4n) is 2.91. The van der Waals surface area contributed by atoms with Gasteiger partial charge in [0, 0.05) is 5.66 Å². The second-order valence-corrected chi connectivity index (χ2v) is 5.28. The summed E-state index contributed by atoms with van der Waals surface area (Å²) >= 11 is 0. The molecule has 2 rings (SSSR count). The van der Waals surface area contributed by atoms with Gasteiger partial charge in [0.15, 0.2) is 8.46 Å². The molecule has 0 radical (unpaired) electrons. The Morgan fingerprint density at radius 3 is 2.77 bits per heavy atom. The molecule has 0 heterocycles. The Labute approximate surface area is 81.8 Å². The van der Waals surface area contributed by atoms with Crippen molar-refractivity contribution in [2.75, 3.05) is 0 Å². The highest BCUT2D eigenvalue weighted by Crippen LogP contribution is 2.48. The van der Waals surface area contributed by atoms with E-state index in [0.29, 0.717) is 20.0 Å². The lowest BCUT2D eigenvalue weighted by molar-refractivity contribution is 0.405. The van der Waals surface area contributed by atoms with Crippen LogP contribution < -0.4 is 0 Å². The monoisotopic (exact) mass is 196 g/mol. The van der Waals surface area contributed by atoms with Crippen molar-refractivity contribution in [3.63, 3.8) is 0 Å². The fraction of sp³-hybridized carbons (Fsp3) is 0.818. The number of hydrogen-bond acceptors (Lipinski definition) is 1. The topological polar surface area (TPSA) is 17.1 Å². The van der Waals surface area contributed by atoms with Gasteiger partial charge in [-0.05, 0) is 37.0 Å². The number of rotatable bonds is 4. The van der Waals surface area contributed by atoms with Gasteiger partial charge in [0.1, 0.15) is 0 Å². The minimum Gasteiger partial charge on any atom is -0.275 e. The van der Waals surface area contributed by atoms with E-state index in [2.05, 4.69) is 19.1 Å². The Bertz CT molecular complexity index is 224. The Kier molecular flexibility index (Phi) is 2.83. The van der Waals surface area contributed by atoms with Crippen molar-refractivity contribution < 1.29 is 4.57 Å². The molecule has 0 aromatic carbocycles. The Balaban J connectivity index is 2.00. The van der Waals surface area contributed by atoms with Crippen LogP contribution in [0.4, 0.5) is 0 Å². The lowest BCUT2D eigenvalue weighted by Gasteiger charge is -2.22. The summed E-state index contributed by atoms with van der Waals surface area (Å²) in [7, 11) is 0.381. The molecule has 4 atom stereocenters. The third-order valence-corrected chi connectivity index (χ3v) is 4.46. The van der Waals surface area contributed by atoms with Gasteiger partial charge in [0.05, 0.1) is 0 Å². The van der Waals surface area contributed by atoms with Crippen LogP contribution in [0.3, 0.4) is 0 Å². The molecule has 13 heavy (non-hydrogen) atoms. The van der Waals surface area contributed by atoms with Crippen LogP contribution in [0.5, 0.6) is 0 Å². The average molecular weight is 196 g/mol. The highest BCUT2D eigenvalue weighted by Gasteiger charge is 2.39. The van der Waals surface area contributed by atoms with E-state index in [4.69, 9.17) is 0 Å². The molecule has 0 spiro atoms. The molecular formula is C11H17OP. The van der Waals surface area contributed by atoms with E-state index in [9.17, 15) is 4.57 Å². The predicted molar refractivity (Wildman–Crippen MR) is 55.1 cm³/mol. The minimum absolute atomic E-state index is 0.381. The molecule has 0 amide bonds. The van der Waals surface area contributed by atoms with E-state index in [-0.39, 0.29) is 0 Å². The van der Waals surface area contributed by atoms with Crippen LogP contribution in [-0.4, -0.2) is 5.66 Å². The summed E-state index contributed by atoms with van der Waals surface area (Å²) in [5.74, 6) is 2.29. The first kappa shape index (κ1) is 9.40. The number of fused-ring (bicyclic) bond motifs is 2. The molecule has 2 heteroatoms. The van der Waals surface area contributed by atoms with E-state index in [0.717, 1.165) is 24.7 Å². The highest BCUT2D eigenvalue weighted by atomic mass is 31.1. The maximum absolute atomic E-state index is 11.0. The van der Waals surface area contributed by atoms with Crippen LogP contribution in [0.1, 0.15) is 32.6 Å². The lowest BCUT2D eigenvalue weighted by atomic mass is 9.88. The molecule has 0 N–H and O–H groups in total. The van der Waals surface area contributed by atoms with E-state index in [1.807, 2.05) is 0 Å². The predicted octanol–water partition coefficient (Wildman–Crippen LogP) is 3.66. The van der Waals surface area contributed by atoms with Crippen molar-refractivity contribution in [1.82, 2.24) is 0 Å². The Morgan fingerprint density at radius 1 is 1.46 bits per heavy atom. The smallest absolute Gasteiger partial charge is 0.158 e. The second-order valence-electron chi connectivity index (χ2n) is 4.41. The van der Waals surface area contributed by atoms with Crippen molar-refractivity contribution in [1.29, 1.82) is 0 Å². The first-order chi connectivity index (χ1) is 6.35. The van der Waals surface area contributed by atoms with Gasteiger partial charge in [0.2, 0.25) is 0 Å². The number of hydrogen-bond donors (Lipinski definition) is 0. The molecule has 1 fully saturated rings. The molecule has 1 saturated carbocycles. The normalized spacial score (nSPS) is 38.7. The maximum atomic E-state index is 11.0. The van der Waals surface area contributed by atoms with Crippen molar-refractivity contribution in [2.45, 2.75) is 38.3 Å². The van der Waals surface area contributed by atoms with Crippen LogP contribution in [-0.2, 0) is 4.57 Å². The van der Waals surface area contributed by atoms with Crippen molar-refractivity contribution in [2.24, 2.45) is 17.8 Å². The third-order valence-electron chi connectivity index (χ3n) is 3.54. The molecule has 1 nitrogen and oxygen atoms in total. The van der Waals surface area contributed by atoms with Gasteiger partial charge >= 0.3 is 0 Å². The zero-order valence-corrected chi connectivity index (χ0v) is 9.04. The third kappa shape index (κ3) is 1.72. The van der Waals surface area contributed by atoms with Gasteiger partial charge in [0.25, 0.3) is 0 Å². The molecule has 2 aliphatic rings. The molecule has 4 unspecified atom stereocenters. The van der Waals surface area contributed by atoms with E-state index >= 15 is 0 Å². The van der Waals surface area contributed by atoms with Crippen LogP contribution in [0, 0.1) is 17.8 Å². The Morgan fingerprint density at radius 2 is 2.31 bits per heavy atom. The zero-order valence-electron chi connectivity index (χ0n) is 8.15. The molecule has 0 aliphatic heterocycles. The van der Waals surface area contributed by atoms with Gasteiger partial charge in [-0.3, -0.25) is 4.57 Å². The summed E-state index contributed by atoms with van der Waals surface area (Å²) in [6.07, 6.45) is 9.63. The minimum atomic E-state index is 0.381. The van der Waals surface area contributed by atoms with Crippen LogP contribution in [0.2, 0.25) is 0 Å². The van der Waals surface area contributed by atoms with Gasteiger partial charge in [-0.25, -0.2) is 0 Å². The van der Waals surface area contributed by atoms with Crippen LogP contribution >= 0.6 is 8.46 Å². The van der Waals surface area contributed by atoms with E-state index < -0.39 is 0 Å². The first-order valence-corrected chi connectivity index (χ1v) is 6.24. The zero-order chi connectivity index (χ0) is 9.26. The molecular weight excluding hydrogens is 179 g/mol. The van der Waals surface area contributed by atoms with Gasteiger partial charge < -0.3 is 0 Å². The summed E-state index contributed by atoms with van der Waals surface area (Å²) < 4.78 is 11.0. The average Bonchev–Trinajstić information content (AvgIpc) is 2.74. The molecule has 0 saturated heterocycles. The standard InChI is InChI=1S/C11H17OP/c1-2-3-11(13-12)10-7-8-4-5-9(10)6-8/h4-5,8-11H,2-3,6-7H2,1H3. The molecule has 72 valence electrons. The number of allylic oxidation sites excluding steroid dienone is 2. The second kappa shape index (κ2) is 3.92. The van der Waals surface area contributed by atoms with Crippen molar-refractivity contribution >= 4 is 8.46 Å². The molecule has 2 bridgehead atoms. The SMILES string of the molecule is CCCC(P=O)C1CC2C=CC1C2. The molecule has 0 aromatic heterocycles. The summed E-state index contributed by atoms with van der Waals surface area (Å²) in [5.41, 5.74) is 0.435. The van der Waals surface area contributed by atoms with Gasteiger partial charge in [-0.1, -0.05) is 25.5 Å². The van der Waals surface area contributed by atoms with Gasteiger partial charge in [-0.2, -0.15) is 0 Å². The summed E-state index contributed by atoms with van der Waals surface area (Å²) in [6, 6.07) is 0. The summed E-state index contributed by atoms with van der Waals surface area (Å²) in [4.78, 5) is 0. The largest absolute Gasteiger partial charge is 0.275 e. The van der Waals surface area contributed by atoms with Crippen molar-refractivity contribution in [3.05, 3.63) is 12.2 Å². The van der Waals surface area contributed by atoms with Crippen LogP contribution in [0.25, 0.3) is 0 Å². The van der Waals surface area contributed by atoms with Crippen LogP contribution in [0.15, 0.2) is 12.2 Å². The Hall–Kier alpha value is -0.160. The summed E-state index contributed by atoms with van der Waals surface area (Å²) in [6.45, 7) is 2.18. The quantitative estimate of drug-likeness (QED) is 0.495. The van der Waals surface area contributed by atoms with Gasteiger partial charge in [-0.15, -0.1) is 0 Å². The molecule has 0 aromatic rings. The van der Waals surface area contributed by atoms with E-state index in [1.54, 1.807) is 0 Å². The lowest BCUT2D eigenvalue weighted by Crippen LogP contribution is -2.19. The summed E-state index contributed by atoms with van der Waals surface area (Å²) in [5, 5.41) is 0. The molecule has 2 aliphatic carbocycles. The highest BCUT2D eigenvalue weighted by molar-refractivity contribution is 7.24.